The number of hydrazine groups is 1. The van der Waals surface area contributed by atoms with Crippen LogP contribution in [0, 0.1) is 5.82 Å². The van der Waals surface area contributed by atoms with Crippen LogP contribution in [-0.2, 0) is 0 Å². The van der Waals surface area contributed by atoms with Gasteiger partial charge in [-0.2, -0.15) is 9.97 Å². The van der Waals surface area contributed by atoms with Gasteiger partial charge in [0, 0.05) is 35.8 Å². The third-order valence-electron chi connectivity index (χ3n) is 4.90. The second kappa shape index (κ2) is 8.39. The molecule has 2 aliphatic rings. The largest absolute Gasteiger partial charge is 0.437 e. The normalized spacial score (nSPS) is 10.9. The molecule has 0 atom stereocenters. The Kier molecular flexibility index (Phi) is 5.48. The average molecular weight is 421 g/mol. The van der Waals surface area contributed by atoms with Crippen molar-refractivity contribution in [2.24, 2.45) is 0 Å². The molecule has 0 aliphatic carbocycles. The van der Waals surface area contributed by atoms with Crippen LogP contribution < -0.4 is 21.4 Å². The van der Waals surface area contributed by atoms with E-state index >= 15 is 0 Å². The summed E-state index contributed by atoms with van der Waals surface area (Å²) in [5.74, 6) is -0.943. The molecule has 0 saturated heterocycles. The molecule has 0 spiro atoms. The summed E-state index contributed by atoms with van der Waals surface area (Å²) in [4.78, 5) is 34.1. The van der Waals surface area contributed by atoms with Gasteiger partial charge >= 0.3 is 5.69 Å². The minimum absolute atomic E-state index is 0.0817. The molecule has 8 nitrogen and oxygen atoms in total. The average Bonchev–Trinajstić information content (AvgIpc) is 2.76. The number of halogens is 1. The monoisotopic (exact) mass is 421 g/mol. The van der Waals surface area contributed by atoms with E-state index in [4.69, 9.17) is 4.42 Å². The van der Waals surface area contributed by atoms with Crippen molar-refractivity contribution >= 4 is 28.4 Å². The third-order valence-corrected chi connectivity index (χ3v) is 4.90. The van der Waals surface area contributed by atoms with E-state index in [0.29, 0.717) is 11.1 Å². The second-order valence-corrected chi connectivity index (χ2v) is 6.80. The summed E-state index contributed by atoms with van der Waals surface area (Å²) in [5, 5.41) is 0.783. The Balaban J connectivity index is 1.68. The number of hydrogen-bond donors (Lipinski definition) is 2. The highest BCUT2D eigenvalue weighted by atomic mass is 19.1. The minimum Gasteiger partial charge on any atom is -0.437 e. The molecule has 0 radical (unpaired) electrons. The molecule has 0 bridgehead atoms. The topological polar surface area (TPSA) is 100 Å². The zero-order valence-electron chi connectivity index (χ0n) is 17.0. The molecule has 0 unspecified atom stereocenters. The Morgan fingerprint density at radius 1 is 1.10 bits per heavy atom. The number of hydrogen-bond acceptors (Lipinski definition) is 7. The quantitative estimate of drug-likeness (QED) is 0.363. The first-order chi connectivity index (χ1) is 15.0. The standard InChI is InChI=1S/C22H20FN5O3/c1-3-28(4-2)16-9-8-13-11-17-19(24-22(30)25-21(17)31-18(13)12-16)26-27-20(29)14-6-5-7-15(23)10-14/h5-12H,3-4H2,1-2H3,(H,27,29)(H,24,26,30). The number of benzene rings is 2. The molecule has 0 saturated carbocycles. The fourth-order valence-corrected chi connectivity index (χ4v) is 3.33. The van der Waals surface area contributed by atoms with E-state index in [1.807, 2.05) is 18.2 Å². The molecule has 2 N–H and O–H groups in total. The zero-order valence-corrected chi connectivity index (χ0v) is 17.0. The summed E-state index contributed by atoms with van der Waals surface area (Å²) in [6, 6.07) is 12.8. The molecule has 2 aliphatic heterocycles. The maximum Gasteiger partial charge on any atom is 0.372 e. The summed E-state index contributed by atoms with van der Waals surface area (Å²) in [7, 11) is 0. The highest BCUT2D eigenvalue weighted by Gasteiger charge is 2.18. The van der Waals surface area contributed by atoms with Crippen LogP contribution in [0.2, 0.25) is 0 Å². The first-order valence-electron chi connectivity index (χ1n) is 9.81. The lowest BCUT2D eigenvalue weighted by Crippen LogP contribution is -2.31. The van der Waals surface area contributed by atoms with Crippen LogP contribution in [0.3, 0.4) is 0 Å². The molecule has 0 fully saturated rings. The van der Waals surface area contributed by atoms with E-state index in [-0.39, 0.29) is 17.3 Å². The van der Waals surface area contributed by atoms with Crippen LogP contribution in [0.1, 0.15) is 24.2 Å². The first-order valence-corrected chi connectivity index (χ1v) is 9.81. The Labute approximate surface area is 177 Å². The molecule has 158 valence electrons. The zero-order chi connectivity index (χ0) is 22.0. The molecule has 31 heavy (non-hydrogen) atoms. The van der Waals surface area contributed by atoms with Gasteiger partial charge in [-0.05, 0) is 50.2 Å². The van der Waals surface area contributed by atoms with E-state index in [9.17, 15) is 14.0 Å². The maximum absolute atomic E-state index is 13.3. The van der Waals surface area contributed by atoms with Gasteiger partial charge in [0.2, 0.25) is 5.89 Å². The fourth-order valence-electron chi connectivity index (χ4n) is 3.33. The van der Waals surface area contributed by atoms with Gasteiger partial charge in [-0.15, -0.1) is 0 Å². The number of anilines is 2. The summed E-state index contributed by atoms with van der Waals surface area (Å²) in [5.41, 5.74) is 6.38. The Bertz CT molecular complexity index is 1290. The minimum atomic E-state index is -0.766. The van der Waals surface area contributed by atoms with Crippen LogP contribution in [0.15, 0.2) is 57.7 Å². The Morgan fingerprint density at radius 3 is 2.65 bits per heavy atom. The van der Waals surface area contributed by atoms with Crippen molar-refractivity contribution in [1.82, 2.24) is 15.4 Å². The van der Waals surface area contributed by atoms with Gasteiger partial charge in [0.1, 0.15) is 11.4 Å². The van der Waals surface area contributed by atoms with Crippen LogP contribution in [0.25, 0.3) is 22.4 Å². The van der Waals surface area contributed by atoms with Gasteiger partial charge in [0.05, 0.1) is 5.56 Å². The SMILES string of the molecule is CCN(CC)c1ccc2cc3c(NNC(=O)c4cccc(F)c4)nc(=O)nc-3oc2c1. The van der Waals surface area contributed by atoms with Crippen LogP contribution >= 0.6 is 0 Å². The van der Waals surface area contributed by atoms with Gasteiger partial charge in [0.15, 0.2) is 5.82 Å². The lowest BCUT2D eigenvalue weighted by Gasteiger charge is -2.21. The smallest absolute Gasteiger partial charge is 0.372 e. The fraction of sp³-hybridized carbons (Fsp3) is 0.182. The summed E-state index contributed by atoms with van der Waals surface area (Å²) in [6.07, 6.45) is 0. The predicted octanol–water partition coefficient (Wildman–Crippen LogP) is 3.43. The van der Waals surface area contributed by atoms with Crippen LogP contribution in [0.4, 0.5) is 15.9 Å². The molecule has 2 heterocycles. The molecule has 2 aromatic carbocycles. The van der Waals surface area contributed by atoms with Crippen molar-refractivity contribution in [3.8, 4) is 11.5 Å². The number of nitrogens with zero attached hydrogens (tertiary/aromatic N) is 3. The number of fused-ring (bicyclic) bond motifs is 2. The van der Waals surface area contributed by atoms with E-state index < -0.39 is 17.4 Å². The van der Waals surface area contributed by atoms with E-state index in [0.717, 1.165) is 30.2 Å². The van der Waals surface area contributed by atoms with E-state index in [1.165, 1.54) is 18.2 Å². The lowest BCUT2D eigenvalue weighted by molar-refractivity contribution is 0.0962. The molecule has 4 rings (SSSR count). The highest BCUT2D eigenvalue weighted by molar-refractivity contribution is 5.95. The van der Waals surface area contributed by atoms with Crippen molar-refractivity contribution in [1.29, 1.82) is 0 Å². The van der Waals surface area contributed by atoms with Gasteiger partial charge in [-0.25, -0.2) is 9.18 Å². The van der Waals surface area contributed by atoms with Crippen molar-refractivity contribution in [2.45, 2.75) is 13.8 Å². The van der Waals surface area contributed by atoms with Crippen molar-refractivity contribution in [3.05, 3.63) is 70.4 Å². The number of amides is 1. The molecule has 2 aromatic rings. The van der Waals surface area contributed by atoms with Gasteiger partial charge in [-0.1, -0.05) is 6.07 Å². The van der Waals surface area contributed by atoms with Gasteiger partial charge in [0.25, 0.3) is 5.91 Å². The highest BCUT2D eigenvalue weighted by Crippen LogP contribution is 2.32. The molecule has 0 aromatic heterocycles. The Morgan fingerprint density at radius 2 is 1.90 bits per heavy atom. The van der Waals surface area contributed by atoms with Crippen molar-refractivity contribution in [2.75, 3.05) is 23.4 Å². The first kappa shape index (κ1) is 20.3. The van der Waals surface area contributed by atoms with Crippen LogP contribution in [-0.4, -0.2) is 29.0 Å². The molecular weight excluding hydrogens is 401 g/mol. The molecular formula is C22H20FN5O3. The van der Waals surface area contributed by atoms with E-state index in [1.54, 1.807) is 6.07 Å². The van der Waals surface area contributed by atoms with Crippen molar-refractivity contribution < 1.29 is 13.6 Å². The summed E-state index contributed by atoms with van der Waals surface area (Å²) >= 11 is 0. The summed E-state index contributed by atoms with van der Waals surface area (Å²) < 4.78 is 19.2. The number of carbonyl (C=O) groups excluding carboxylic acids is 1. The predicted molar refractivity (Wildman–Crippen MR) is 116 cm³/mol. The van der Waals surface area contributed by atoms with Gasteiger partial charge < -0.3 is 9.32 Å². The number of nitrogens with one attached hydrogen (secondary N) is 2. The maximum atomic E-state index is 13.3. The molecule has 9 heteroatoms. The number of carbonyl (C=O) groups is 1. The third kappa shape index (κ3) is 4.16. The number of aromatic nitrogens is 2. The number of rotatable bonds is 6. The second-order valence-electron chi connectivity index (χ2n) is 6.80. The van der Waals surface area contributed by atoms with Crippen molar-refractivity contribution in [3.63, 3.8) is 0 Å². The lowest BCUT2D eigenvalue weighted by atomic mass is 10.1. The summed E-state index contributed by atoms with van der Waals surface area (Å²) in [6.45, 7) is 5.83. The Hall–Kier alpha value is -4.01. The van der Waals surface area contributed by atoms with Crippen LogP contribution in [0.5, 0.6) is 0 Å². The molecule has 1 amide bonds. The van der Waals surface area contributed by atoms with Gasteiger partial charge in [-0.3, -0.25) is 15.6 Å². The van der Waals surface area contributed by atoms with E-state index in [2.05, 4.69) is 39.6 Å².